The molecule has 0 aliphatic rings. The molecule has 0 aliphatic heterocycles. The van der Waals surface area contributed by atoms with Gasteiger partial charge in [0.05, 0.1) is 29.8 Å². The molecule has 1 aromatic carbocycles. The molecule has 21 heavy (non-hydrogen) atoms. The molecule has 2 aromatic rings. The van der Waals surface area contributed by atoms with Crippen LogP contribution in [0.5, 0.6) is 5.75 Å². The van der Waals surface area contributed by atoms with Gasteiger partial charge in [-0.3, -0.25) is 4.98 Å². The molecule has 0 spiro atoms. The number of halogens is 2. The van der Waals surface area contributed by atoms with Gasteiger partial charge in [-0.2, -0.15) is 0 Å². The molecule has 0 aliphatic carbocycles. The van der Waals surface area contributed by atoms with Gasteiger partial charge in [0.15, 0.2) is 5.75 Å². The van der Waals surface area contributed by atoms with E-state index in [1.54, 1.807) is 12.3 Å². The Morgan fingerprint density at radius 2 is 1.67 bits per heavy atom. The molecule has 0 saturated heterocycles. The highest BCUT2D eigenvalue weighted by molar-refractivity contribution is 9.11. The largest absolute Gasteiger partial charge is 0.505 e. The van der Waals surface area contributed by atoms with Crippen LogP contribution in [0, 0.1) is 0 Å². The Bertz CT molecular complexity index is 598. The number of nitrogens with zero attached hydrogens (tertiary/aromatic N) is 1. The first-order chi connectivity index (χ1) is 9.88. The van der Waals surface area contributed by atoms with E-state index in [9.17, 15) is 5.11 Å². The number of fused-ring (bicyclic) bond motifs is 1. The molecular formula is C13H16Br2N2O4. The first-order valence-electron chi connectivity index (χ1n) is 5.91. The number of pyridine rings is 1. The summed E-state index contributed by atoms with van der Waals surface area (Å²) in [7, 11) is 0. The zero-order valence-corrected chi connectivity index (χ0v) is 14.2. The number of rotatable bonds is 3. The molecule has 1 aromatic heterocycles. The van der Waals surface area contributed by atoms with Crippen molar-refractivity contribution in [3.63, 3.8) is 0 Å². The zero-order chi connectivity index (χ0) is 16.0. The summed E-state index contributed by atoms with van der Waals surface area (Å²) in [6.07, 6.45) is 1.65. The summed E-state index contributed by atoms with van der Waals surface area (Å²) in [5.41, 5.74) is 4.54. The third-order valence-electron chi connectivity index (χ3n) is 2.71. The standard InChI is InChI=1S/C9H5Br2NO.C4H11NO3/c10-6-4-7(11)9(13)8-5(6)2-1-3-12-8;5-4(1-6,2-7)3-8/h1-4,13H;6-8H,1-3,5H2. The molecule has 2 rings (SSSR count). The number of hydrogen-bond donors (Lipinski definition) is 5. The van der Waals surface area contributed by atoms with Gasteiger partial charge in [0.2, 0.25) is 0 Å². The van der Waals surface area contributed by atoms with Gasteiger partial charge >= 0.3 is 0 Å². The molecule has 0 unspecified atom stereocenters. The van der Waals surface area contributed by atoms with E-state index in [1.807, 2.05) is 12.1 Å². The third-order valence-corrected chi connectivity index (χ3v) is 3.97. The number of aromatic hydroxyl groups is 1. The summed E-state index contributed by atoms with van der Waals surface area (Å²) in [6.45, 7) is -1.21. The first kappa shape index (κ1) is 18.3. The zero-order valence-electron chi connectivity index (χ0n) is 11.0. The van der Waals surface area contributed by atoms with Crippen molar-refractivity contribution in [2.75, 3.05) is 19.8 Å². The average molecular weight is 424 g/mol. The van der Waals surface area contributed by atoms with Crippen LogP contribution in [0.1, 0.15) is 0 Å². The highest BCUT2D eigenvalue weighted by atomic mass is 79.9. The van der Waals surface area contributed by atoms with E-state index in [1.165, 1.54) is 0 Å². The number of benzene rings is 1. The van der Waals surface area contributed by atoms with Crippen molar-refractivity contribution in [1.29, 1.82) is 0 Å². The van der Waals surface area contributed by atoms with Gasteiger partial charge < -0.3 is 26.2 Å². The van der Waals surface area contributed by atoms with E-state index >= 15 is 0 Å². The smallest absolute Gasteiger partial charge is 0.156 e. The van der Waals surface area contributed by atoms with Crippen LogP contribution in [0.2, 0.25) is 0 Å². The topological polar surface area (TPSA) is 120 Å². The molecule has 0 radical (unpaired) electrons. The first-order valence-corrected chi connectivity index (χ1v) is 7.50. The predicted octanol–water partition coefficient (Wildman–Crippen LogP) is 1.13. The maximum Gasteiger partial charge on any atom is 0.156 e. The lowest BCUT2D eigenvalue weighted by Gasteiger charge is -2.20. The van der Waals surface area contributed by atoms with Crippen molar-refractivity contribution in [2.45, 2.75) is 5.54 Å². The second-order valence-electron chi connectivity index (χ2n) is 4.43. The minimum atomic E-state index is -1.21. The fraction of sp³-hybridized carbons (Fsp3) is 0.308. The number of aliphatic hydroxyl groups is 3. The van der Waals surface area contributed by atoms with E-state index < -0.39 is 25.4 Å². The van der Waals surface area contributed by atoms with Gasteiger partial charge in [-0.1, -0.05) is 22.0 Å². The second kappa shape index (κ2) is 8.02. The van der Waals surface area contributed by atoms with Crippen molar-refractivity contribution < 1.29 is 20.4 Å². The highest BCUT2D eigenvalue weighted by Gasteiger charge is 2.20. The molecule has 0 bridgehead atoms. The predicted molar refractivity (Wildman–Crippen MR) is 87.0 cm³/mol. The van der Waals surface area contributed by atoms with Crippen molar-refractivity contribution >= 4 is 42.8 Å². The lowest BCUT2D eigenvalue weighted by atomic mass is 10.1. The van der Waals surface area contributed by atoms with Gasteiger partial charge in [-0.15, -0.1) is 0 Å². The molecule has 8 heteroatoms. The van der Waals surface area contributed by atoms with Crippen LogP contribution in [-0.2, 0) is 0 Å². The summed E-state index contributed by atoms with van der Waals surface area (Å²) in [4.78, 5) is 4.09. The molecule has 0 atom stereocenters. The van der Waals surface area contributed by atoms with Gasteiger partial charge in [0, 0.05) is 16.1 Å². The fourth-order valence-electron chi connectivity index (χ4n) is 1.31. The highest BCUT2D eigenvalue weighted by Crippen LogP contribution is 2.35. The monoisotopic (exact) mass is 422 g/mol. The molecular weight excluding hydrogens is 408 g/mol. The van der Waals surface area contributed by atoms with Crippen LogP contribution in [-0.4, -0.2) is 50.8 Å². The molecule has 0 saturated carbocycles. The molecule has 6 N–H and O–H groups in total. The van der Waals surface area contributed by atoms with Crippen molar-refractivity contribution in [3.8, 4) is 5.75 Å². The SMILES string of the molecule is NC(CO)(CO)CO.Oc1c(Br)cc(Br)c2cccnc12. The second-order valence-corrected chi connectivity index (χ2v) is 6.13. The van der Waals surface area contributed by atoms with Crippen LogP contribution in [0.3, 0.4) is 0 Å². The van der Waals surface area contributed by atoms with E-state index in [0.29, 0.717) is 9.99 Å². The number of phenols is 1. The van der Waals surface area contributed by atoms with Crippen LogP contribution in [0.4, 0.5) is 0 Å². The van der Waals surface area contributed by atoms with Gasteiger partial charge in [-0.05, 0) is 28.1 Å². The minimum absolute atomic E-state index is 0.179. The fourth-order valence-corrected chi connectivity index (χ4v) is 2.58. The van der Waals surface area contributed by atoms with Crippen LogP contribution in [0.15, 0.2) is 33.3 Å². The van der Waals surface area contributed by atoms with E-state index in [0.717, 1.165) is 9.86 Å². The summed E-state index contributed by atoms with van der Waals surface area (Å²) in [6, 6.07) is 5.54. The number of phenolic OH excluding ortho intramolecular Hbond substituents is 1. The van der Waals surface area contributed by atoms with E-state index in [2.05, 4.69) is 36.8 Å². The van der Waals surface area contributed by atoms with E-state index in [4.69, 9.17) is 21.1 Å². The summed E-state index contributed by atoms with van der Waals surface area (Å²) < 4.78 is 1.56. The molecule has 0 amide bonds. The molecule has 116 valence electrons. The Balaban J connectivity index is 0.000000240. The number of aliphatic hydroxyl groups excluding tert-OH is 3. The van der Waals surface area contributed by atoms with Gasteiger partial charge in [0.25, 0.3) is 0 Å². The number of aromatic nitrogens is 1. The Labute approximate surface area is 138 Å². The van der Waals surface area contributed by atoms with Gasteiger partial charge in [0.1, 0.15) is 5.52 Å². The Kier molecular flexibility index (Phi) is 6.98. The van der Waals surface area contributed by atoms with Crippen LogP contribution < -0.4 is 5.73 Å². The van der Waals surface area contributed by atoms with Crippen LogP contribution in [0.25, 0.3) is 10.9 Å². The van der Waals surface area contributed by atoms with Crippen molar-refractivity contribution in [3.05, 3.63) is 33.3 Å². The Morgan fingerprint density at radius 1 is 1.10 bits per heavy atom. The Hall–Kier alpha value is -0.770. The normalized spacial score (nSPS) is 11.1. The summed E-state index contributed by atoms with van der Waals surface area (Å²) in [5.74, 6) is 0.179. The maximum absolute atomic E-state index is 9.65. The summed E-state index contributed by atoms with van der Waals surface area (Å²) >= 11 is 6.65. The number of hydrogen-bond acceptors (Lipinski definition) is 6. The molecule has 1 heterocycles. The lowest BCUT2D eigenvalue weighted by molar-refractivity contribution is 0.0698. The minimum Gasteiger partial charge on any atom is -0.505 e. The van der Waals surface area contributed by atoms with Gasteiger partial charge in [-0.25, -0.2) is 0 Å². The molecule has 6 nitrogen and oxygen atoms in total. The van der Waals surface area contributed by atoms with Crippen molar-refractivity contribution in [2.24, 2.45) is 5.73 Å². The van der Waals surface area contributed by atoms with Crippen molar-refractivity contribution in [1.82, 2.24) is 4.98 Å². The molecule has 0 fully saturated rings. The van der Waals surface area contributed by atoms with E-state index in [-0.39, 0.29) is 5.75 Å². The average Bonchev–Trinajstić information content (AvgIpc) is 2.52. The summed E-state index contributed by atoms with van der Waals surface area (Å²) in [5, 5.41) is 35.6. The maximum atomic E-state index is 9.65. The lowest BCUT2D eigenvalue weighted by Crippen LogP contribution is -2.50. The Morgan fingerprint density at radius 3 is 2.14 bits per heavy atom. The number of nitrogens with two attached hydrogens (primary N) is 1. The van der Waals surface area contributed by atoms with Crippen LogP contribution >= 0.6 is 31.9 Å². The quantitative estimate of drug-likeness (QED) is 0.504. The third kappa shape index (κ3) is 4.60.